The third-order valence-electron chi connectivity index (χ3n) is 2.59. The number of ether oxygens (including phenoxy) is 2. The summed E-state index contributed by atoms with van der Waals surface area (Å²) in [6.45, 7) is 5.89. The molecule has 0 amide bonds. The molecular formula is C12H20O4. The first-order chi connectivity index (χ1) is 7.54. The van der Waals surface area contributed by atoms with E-state index in [0.29, 0.717) is 19.3 Å². The van der Waals surface area contributed by atoms with E-state index < -0.39 is 0 Å². The Labute approximate surface area is 96.6 Å². The summed E-state index contributed by atoms with van der Waals surface area (Å²) in [5.74, 6) is -0.419. The van der Waals surface area contributed by atoms with Crippen molar-refractivity contribution in [1.29, 1.82) is 0 Å². The number of carbonyl (C=O) groups is 2. The van der Waals surface area contributed by atoms with E-state index in [1.165, 1.54) is 14.2 Å². The van der Waals surface area contributed by atoms with E-state index in [-0.39, 0.29) is 17.9 Å². The van der Waals surface area contributed by atoms with Gasteiger partial charge in [0.05, 0.1) is 20.6 Å². The molecule has 0 saturated carbocycles. The van der Waals surface area contributed by atoms with Gasteiger partial charge in [-0.05, 0) is 18.8 Å². The van der Waals surface area contributed by atoms with Gasteiger partial charge in [0.25, 0.3) is 0 Å². The van der Waals surface area contributed by atoms with Crippen LogP contribution in [0.15, 0.2) is 12.2 Å². The Morgan fingerprint density at radius 1 is 1.12 bits per heavy atom. The first-order valence-corrected chi connectivity index (χ1v) is 5.36. The van der Waals surface area contributed by atoms with Gasteiger partial charge in [-0.15, -0.1) is 0 Å². The van der Waals surface area contributed by atoms with Crippen molar-refractivity contribution >= 4 is 11.9 Å². The highest BCUT2D eigenvalue weighted by Gasteiger charge is 2.16. The standard InChI is InChI=1S/C12H20O4/c1-5-10(8-12(14)16-4)9(2)6-7-11(13)15-3/h10H,2,5-8H2,1,3-4H3. The quantitative estimate of drug-likeness (QED) is 0.494. The molecule has 0 radical (unpaired) electrons. The summed E-state index contributed by atoms with van der Waals surface area (Å²) in [6.07, 6.45) is 2.01. The van der Waals surface area contributed by atoms with Gasteiger partial charge in [0.1, 0.15) is 0 Å². The van der Waals surface area contributed by atoms with Gasteiger partial charge in [-0.1, -0.05) is 19.1 Å². The molecule has 4 heteroatoms. The van der Waals surface area contributed by atoms with Crippen LogP contribution in [0.5, 0.6) is 0 Å². The number of hydrogen-bond acceptors (Lipinski definition) is 4. The first kappa shape index (κ1) is 14.7. The third-order valence-corrected chi connectivity index (χ3v) is 2.59. The molecule has 0 heterocycles. The van der Waals surface area contributed by atoms with Gasteiger partial charge < -0.3 is 9.47 Å². The van der Waals surface area contributed by atoms with Crippen molar-refractivity contribution in [2.45, 2.75) is 32.6 Å². The van der Waals surface area contributed by atoms with Crippen molar-refractivity contribution in [3.8, 4) is 0 Å². The Morgan fingerprint density at radius 3 is 2.12 bits per heavy atom. The fraction of sp³-hybridized carbons (Fsp3) is 0.667. The molecule has 0 aromatic rings. The van der Waals surface area contributed by atoms with Gasteiger partial charge in [0.15, 0.2) is 0 Å². The van der Waals surface area contributed by atoms with Crippen LogP contribution in [0.1, 0.15) is 32.6 Å². The zero-order chi connectivity index (χ0) is 12.6. The minimum atomic E-state index is -0.255. The summed E-state index contributed by atoms with van der Waals surface area (Å²) in [6, 6.07) is 0. The van der Waals surface area contributed by atoms with E-state index in [9.17, 15) is 9.59 Å². The minimum Gasteiger partial charge on any atom is -0.469 e. The lowest BCUT2D eigenvalue weighted by atomic mass is 9.91. The molecule has 92 valence electrons. The normalized spacial score (nSPS) is 11.7. The van der Waals surface area contributed by atoms with Crippen LogP contribution in [0.25, 0.3) is 0 Å². The SMILES string of the molecule is C=C(CCC(=O)OC)C(CC)CC(=O)OC. The lowest BCUT2D eigenvalue weighted by molar-refractivity contribution is -0.141. The van der Waals surface area contributed by atoms with E-state index >= 15 is 0 Å². The summed E-state index contributed by atoms with van der Waals surface area (Å²) in [5, 5.41) is 0. The highest BCUT2D eigenvalue weighted by Crippen LogP contribution is 2.22. The van der Waals surface area contributed by atoms with Crippen molar-refractivity contribution < 1.29 is 19.1 Å². The van der Waals surface area contributed by atoms with E-state index in [1.54, 1.807) is 0 Å². The van der Waals surface area contributed by atoms with E-state index in [0.717, 1.165) is 12.0 Å². The highest BCUT2D eigenvalue weighted by atomic mass is 16.5. The summed E-state index contributed by atoms with van der Waals surface area (Å²) in [5.41, 5.74) is 0.901. The van der Waals surface area contributed by atoms with Crippen molar-refractivity contribution in [3.63, 3.8) is 0 Å². The molecule has 0 bridgehead atoms. The Bertz CT molecular complexity index is 258. The first-order valence-electron chi connectivity index (χ1n) is 5.36. The Morgan fingerprint density at radius 2 is 1.69 bits per heavy atom. The van der Waals surface area contributed by atoms with Crippen LogP contribution < -0.4 is 0 Å². The van der Waals surface area contributed by atoms with Gasteiger partial charge in [-0.3, -0.25) is 9.59 Å². The average Bonchev–Trinajstić information content (AvgIpc) is 2.31. The topological polar surface area (TPSA) is 52.6 Å². The molecule has 0 rings (SSSR count). The predicted octanol–water partition coefficient (Wildman–Crippen LogP) is 2.09. The minimum absolute atomic E-state index is 0.0807. The molecule has 0 aliphatic heterocycles. The molecule has 1 atom stereocenters. The van der Waals surface area contributed by atoms with Crippen LogP contribution in [0, 0.1) is 5.92 Å². The molecule has 0 aliphatic carbocycles. The largest absolute Gasteiger partial charge is 0.469 e. The molecule has 0 fully saturated rings. The second-order valence-electron chi connectivity index (χ2n) is 3.62. The molecule has 0 N–H and O–H groups in total. The monoisotopic (exact) mass is 228 g/mol. The fourth-order valence-corrected chi connectivity index (χ4v) is 1.43. The van der Waals surface area contributed by atoms with Crippen LogP contribution >= 0.6 is 0 Å². The average molecular weight is 228 g/mol. The molecule has 4 nitrogen and oxygen atoms in total. The van der Waals surface area contributed by atoms with Crippen molar-refractivity contribution in [1.82, 2.24) is 0 Å². The summed E-state index contributed by atoms with van der Waals surface area (Å²) in [4.78, 5) is 22.1. The lowest BCUT2D eigenvalue weighted by Crippen LogP contribution is -2.12. The highest BCUT2D eigenvalue weighted by molar-refractivity contribution is 5.70. The maximum atomic E-state index is 11.1. The fourth-order valence-electron chi connectivity index (χ4n) is 1.43. The number of rotatable bonds is 7. The van der Waals surface area contributed by atoms with Crippen molar-refractivity contribution in [2.75, 3.05) is 14.2 Å². The summed E-state index contributed by atoms with van der Waals surface area (Å²) in [7, 11) is 2.73. The van der Waals surface area contributed by atoms with Crippen LogP contribution in [0.2, 0.25) is 0 Å². The smallest absolute Gasteiger partial charge is 0.306 e. The van der Waals surface area contributed by atoms with Gasteiger partial charge in [-0.2, -0.15) is 0 Å². The van der Waals surface area contributed by atoms with Gasteiger partial charge in [-0.25, -0.2) is 0 Å². The molecule has 16 heavy (non-hydrogen) atoms. The zero-order valence-corrected chi connectivity index (χ0v) is 10.2. The van der Waals surface area contributed by atoms with Crippen molar-refractivity contribution in [2.24, 2.45) is 5.92 Å². The summed E-state index contributed by atoms with van der Waals surface area (Å²) < 4.78 is 9.15. The van der Waals surface area contributed by atoms with Crippen LogP contribution in [-0.2, 0) is 19.1 Å². The molecule has 0 saturated heterocycles. The van der Waals surface area contributed by atoms with E-state index in [4.69, 9.17) is 0 Å². The second kappa shape index (κ2) is 7.91. The van der Waals surface area contributed by atoms with E-state index in [2.05, 4.69) is 16.1 Å². The van der Waals surface area contributed by atoms with Crippen LogP contribution in [0.4, 0.5) is 0 Å². The molecule has 0 aromatic carbocycles. The molecule has 0 aliphatic rings. The van der Waals surface area contributed by atoms with Gasteiger partial charge in [0, 0.05) is 6.42 Å². The second-order valence-corrected chi connectivity index (χ2v) is 3.62. The van der Waals surface area contributed by atoms with Gasteiger partial charge in [0.2, 0.25) is 0 Å². The maximum absolute atomic E-state index is 11.1. The van der Waals surface area contributed by atoms with E-state index in [1.807, 2.05) is 6.92 Å². The zero-order valence-electron chi connectivity index (χ0n) is 10.2. The summed E-state index contributed by atoms with van der Waals surface area (Å²) >= 11 is 0. The number of allylic oxidation sites excluding steroid dienone is 1. The number of esters is 2. The Balaban J connectivity index is 4.10. The maximum Gasteiger partial charge on any atom is 0.306 e. The number of carbonyl (C=O) groups excluding carboxylic acids is 2. The molecule has 0 spiro atoms. The Kier molecular flexibility index (Phi) is 7.25. The van der Waals surface area contributed by atoms with Crippen LogP contribution in [-0.4, -0.2) is 26.2 Å². The molecular weight excluding hydrogens is 208 g/mol. The number of methoxy groups -OCH3 is 2. The predicted molar refractivity (Wildman–Crippen MR) is 60.8 cm³/mol. The third kappa shape index (κ3) is 5.53. The van der Waals surface area contributed by atoms with Crippen LogP contribution in [0.3, 0.4) is 0 Å². The molecule has 1 unspecified atom stereocenters. The van der Waals surface area contributed by atoms with Crippen molar-refractivity contribution in [3.05, 3.63) is 12.2 Å². The number of hydrogen-bond donors (Lipinski definition) is 0. The van der Waals surface area contributed by atoms with Gasteiger partial charge >= 0.3 is 11.9 Å². The molecule has 0 aromatic heterocycles. The Hall–Kier alpha value is -1.32. The lowest BCUT2D eigenvalue weighted by Gasteiger charge is -2.16.